The third-order valence-electron chi connectivity index (χ3n) is 4.76. The van der Waals surface area contributed by atoms with Crippen molar-refractivity contribution in [3.8, 4) is 0 Å². The summed E-state index contributed by atoms with van der Waals surface area (Å²) in [6, 6.07) is 8.74. The van der Waals surface area contributed by atoms with Crippen molar-refractivity contribution in [2.45, 2.75) is 51.2 Å². The van der Waals surface area contributed by atoms with E-state index in [0.29, 0.717) is 0 Å². The van der Waals surface area contributed by atoms with Gasteiger partial charge in [-0.05, 0) is 57.4 Å². The van der Waals surface area contributed by atoms with E-state index in [1.54, 1.807) is 0 Å². The number of hydrogen-bond acceptors (Lipinski definition) is 3. The average molecular weight is 287 g/mol. The molecule has 1 unspecified atom stereocenters. The highest BCUT2D eigenvalue weighted by Gasteiger charge is 2.39. The molecule has 114 valence electrons. The van der Waals surface area contributed by atoms with Gasteiger partial charge in [-0.1, -0.05) is 18.6 Å². The molecule has 0 saturated heterocycles. The SMILES string of the molecule is CCNC(CC1(OC)CCC1)c1cc2cc(C)ccc2o1. The highest BCUT2D eigenvalue weighted by molar-refractivity contribution is 5.78. The lowest BCUT2D eigenvalue weighted by Gasteiger charge is -2.42. The van der Waals surface area contributed by atoms with Crippen LogP contribution in [0.1, 0.15) is 50.0 Å². The molecule has 1 aliphatic rings. The van der Waals surface area contributed by atoms with Gasteiger partial charge in [0.1, 0.15) is 11.3 Å². The average Bonchev–Trinajstić information content (AvgIpc) is 2.84. The normalized spacial score (nSPS) is 18.6. The maximum Gasteiger partial charge on any atom is 0.134 e. The number of benzene rings is 1. The third kappa shape index (κ3) is 2.85. The van der Waals surface area contributed by atoms with Crippen molar-refractivity contribution in [3.63, 3.8) is 0 Å². The second-order valence-electron chi connectivity index (χ2n) is 6.25. The lowest BCUT2D eigenvalue weighted by Crippen LogP contribution is -2.42. The maximum absolute atomic E-state index is 6.08. The Hall–Kier alpha value is -1.32. The Morgan fingerprint density at radius 3 is 2.76 bits per heavy atom. The van der Waals surface area contributed by atoms with E-state index in [1.807, 2.05) is 7.11 Å². The van der Waals surface area contributed by atoms with Crippen molar-refractivity contribution in [3.05, 3.63) is 35.6 Å². The molecule has 1 aromatic carbocycles. The maximum atomic E-state index is 6.08. The second kappa shape index (κ2) is 5.82. The lowest BCUT2D eigenvalue weighted by molar-refractivity contribution is -0.0847. The molecule has 2 aromatic rings. The number of furan rings is 1. The first-order valence-electron chi connectivity index (χ1n) is 7.94. The summed E-state index contributed by atoms with van der Waals surface area (Å²) in [6.45, 7) is 5.18. The first-order chi connectivity index (χ1) is 10.2. The summed E-state index contributed by atoms with van der Waals surface area (Å²) in [4.78, 5) is 0. The van der Waals surface area contributed by atoms with Crippen molar-refractivity contribution in [1.29, 1.82) is 0 Å². The smallest absolute Gasteiger partial charge is 0.134 e. The van der Waals surface area contributed by atoms with Crippen molar-refractivity contribution in [1.82, 2.24) is 5.32 Å². The lowest BCUT2D eigenvalue weighted by atomic mass is 9.75. The van der Waals surface area contributed by atoms with Crippen molar-refractivity contribution in [2.75, 3.05) is 13.7 Å². The Morgan fingerprint density at radius 2 is 2.14 bits per heavy atom. The van der Waals surface area contributed by atoms with Gasteiger partial charge in [0.2, 0.25) is 0 Å². The van der Waals surface area contributed by atoms with Crippen LogP contribution < -0.4 is 5.32 Å². The molecule has 1 saturated carbocycles. The molecular weight excluding hydrogens is 262 g/mol. The van der Waals surface area contributed by atoms with Gasteiger partial charge in [-0.15, -0.1) is 0 Å². The molecule has 1 aliphatic carbocycles. The summed E-state index contributed by atoms with van der Waals surface area (Å²) in [5, 5.41) is 4.75. The zero-order chi connectivity index (χ0) is 14.9. The van der Waals surface area contributed by atoms with Crippen LogP contribution in [0.2, 0.25) is 0 Å². The van der Waals surface area contributed by atoms with Gasteiger partial charge in [0.25, 0.3) is 0 Å². The fraction of sp³-hybridized carbons (Fsp3) is 0.556. The Balaban J connectivity index is 1.87. The summed E-state index contributed by atoms with van der Waals surface area (Å²) in [6.07, 6.45) is 4.57. The van der Waals surface area contributed by atoms with Gasteiger partial charge in [0.05, 0.1) is 11.6 Å². The molecule has 0 radical (unpaired) electrons. The highest BCUT2D eigenvalue weighted by Crippen LogP contribution is 2.42. The fourth-order valence-electron chi connectivity index (χ4n) is 3.31. The van der Waals surface area contributed by atoms with Crippen LogP contribution in [0, 0.1) is 6.92 Å². The van der Waals surface area contributed by atoms with Crippen molar-refractivity contribution < 1.29 is 9.15 Å². The fourth-order valence-corrected chi connectivity index (χ4v) is 3.31. The van der Waals surface area contributed by atoms with Gasteiger partial charge in [-0.3, -0.25) is 0 Å². The number of methoxy groups -OCH3 is 1. The zero-order valence-corrected chi connectivity index (χ0v) is 13.2. The molecule has 0 amide bonds. The Labute approximate surface area is 126 Å². The monoisotopic (exact) mass is 287 g/mol. The molecule has 3 rings (SSSR count). The molecule has 1 aromatic heterocycles. The van der Waals surface area contributed by atoms with Crippen LogP contribution >= 0.6 is 0 Å². The predicted molar refractivity (Wildman–Crippen MR) is 85.6 cm³/mol. The van der Waals surface area contributed by atoms with Crippen molar-refractivity contribution >= 4 is 11.0 Å². The third-order valence-corrected chi connectivity index (χ3v) is 4.76. The van der Waals surface area contributed by atoms with Crippen molar-refractivity contribution in [2.24, 2.45) is 0 Å². The molecular formula is C18H25NO2. The minimum atomic E-state index is 0.0434. The Kier molecular flexibility index (Phi) is 4.05. The summed E-state index contributed by atoms with van der Waals surface area (Å²) >= 11 is 0. The molecule has 0 spiro atoms. The summed E-state index contributed by atoms with van der Waals surface area (Å²) in [7, 11) is 1.84. The van der Waals surface area contributed by atoms with Crippen LogP contribution in [0.4, 0.5) is 0 Å². The molecule has 1 fully saturated rings. The van der Waals surface area contributed by atoms with Gasteiger partial charge < -0.3 is 14.5 Å². The Morgan fingerprint density at radius 1 is 1.33 bits per heavy atom. The van der Waals surface area contributed by atoms with Crippen LogP contribution in [0.5, 0.6) is 0 Å². The van der Waals surface area contributed by atoms with E-state index in [1.165, 1.54) is 17.4 Å². The quantitative estimate of drug-likeness (QED) is 0.857. The number of fused-ring (bicyclic) bond motifs is 1. The molecule has 0 bridgehead atoms. The second-order valence-corrected chi connectivity index (χ2v) is 6.25. The number of aryl methyl sites for hydroxylation is 1. The highest BCUT2D eigenvalue weighted by atomic mass is 16.5. The molecule has 1 heterocycles. The van der Waals surface area contributed by atoms with E-state index in [4.69, 9.17) is 9.15 Å². The Bertz CT molecular complexity index is 607. The van der Waals surface area contributed by atoms with E-state index < -0.39 is 0 Å². The van der Waals surface area contributed by atoms with Gasteiger partial charge in [-0.25, -0.2) is 0 Å². The molecule has 1 N–H and O–H groups in total. The van der Waals surface area contributed by atoms with Crippen LogP contribution in [-0.2, 0) is 4.74 Å². The summed E-state index contributed by atoms with van der Waals surface area (Å²) < 4.78 is 11.9. The number of rotatable bonds is 6. The van der Waals surface area contributed by atoms with Crippen LogP contribution in [0.3, 0.4) is 0 Å². The van der Waals surface area contributed by atoms with Gasteiger partial charge in [-0.2, -0.15) is 0 Å². The van der Waals surface area contributed by atoms with Crippen LogP contribution in [0.25, 0.3) is 11.0 Å². The molecule has 3 nitrogen and oxygen atoms in total. The summed E-state index contributed by atoms with van der Waals surface area (Å²) in [5.41, 5.74) is 2.28. The van der Waals surface area contributed by atoms with Gasteiger partial charge in [0.15, 0.2) is 0 Å². The molecule has 3 heteroatoms. The summed E-state index contributed by atoms with van der Waals surface area (Å²) in [5.74, 6) is 1.03. The van der Waals surface area contributed by atoms with Gasteiger partial charge >= 0.3 is 0 Å². The van der Waals surface area contributed by atoms with Crippen LogP contribution in [0.15, 0.2) is 28.7 Å². The van der Waals surface area contributed by atoms with Crippen LogP contribution in [-0.4, -0.2) is 19.3 Å². The molecule has 21 heavy (non-hydrogen) atoms. The largest absolute Gasteiger partial charge is 0.459 e. The van der Waals surface area contributed by atoms with E-state index in [9.17, 15) is 0 Å². The van der Waals surface area contributed by atoms with Gasteiger partial charge in [0, 0.05) is 12.5 Å². The minimum absolute atomic E-state index is 0.0434. The molecule has 1 atom stereocenters. The number of ether oxygens (including phenoxy) is 1. The van der Waals surface area contributed by atoms with E-state index in [0.717, 1.165) is 37.2 Å². The number of nitrogens with one attached hydrogen (secondary N) is 1. The first-order valence-corrected chi connectivity index (χ1v) is 7.94. The van der Waals surface area contributed by atoms with E-state index in [2.05, 4.69) is 43.4 Å². The minimum Gasteiger partial charge on any atom is -0.459 e. The zero-order valence-electron chi connectivity index (χ0n) is 13.2. The van der Waals surface area contributed by atoms with E-state index >= 15 is 0 Å². The predicted octanol–water partition coefficient (Wildman–Crippen LogP) is 4.35. The first kappa shape index (κ1) is 14.6. The van der Waals surface area contributed by atoms with E-state index in [-0.39, 0.29) is 11.6 Å². The number of hydrogen-bond donors (Lipinski definition) is 1. The molecule has 0 aliphatic heterocycles. The standard InChI is InChI=1S/C18H25NO2/c1-4-19-15(12-18(20-3)8-5-9-18)17-11-14-10-13(2)6-7-16(14)21-17/h6-7,10-11,15,19H,4-5,8-9,12H2,1-3H3. The topological polar surface area (TPSA) is 34.4 Å².